The molecule has 0 atom stereocenters. The lowest BCUT2D eigenvalue weighted by Crippen LogP contribution is -2.25. The van der Waals surface area contributed by atoms with Gasteiger partial charge in [0.25, 0.3) is 15.7 Å². The zero-order valence-electron chi connectivity index (χ0n) is 14.2. The second-order valence-corrected chi connectivity index (χ2v) is 9.26. The fourth-order valence-electron chi connectivity index (χ4n) is 2.16. The van der Waals surface area contributed by atoms with Gasteiger partial charge in [0.05, 0.1) is 27.4 Å². The Bertz CT molecular complexity index is 1060. The molecule has 0 heterocycles. The minimum atomic E-state index is -4.10. The number of benzene rings is 2. The summed E-state index contributed by atoms with van der Waals surface area (Å²) in [6.45, 7) is 1.52. The SMILES string of the molecule is Cc1ccc([N+](=O)[O-])cc1S(=O)(=O)Nc1cccc(N(C)S(C)(=O)=O)c1. The molecule has 0 amide bonds. The molecule has 11 heteroatoms. The number of aryl methyl sites for hydroxylation is 1. The maximum Gasteiger partial charge on any atom is 0.270 e. The largest absolute Gasteiger partial charge is 0.280 e. The summed E-state index contributed by atoms with van der Waals surface area (Å²) < 4.78 is 51.8. The Balaban J connectivity index is 2.42. The first-order valence-electron chi connectivity index (χ1n) is 7.23. The van der Waals surface area contributed by atoms with Crippen molar-refractivity contribution in [3.8, 4) is 0 Å². The number of nitro benzene ring substituents is 1. The van der Waals surface area contributed by atoms with Gasteiger partial charge in [0, 0.05) is 19.2 Å². The summed E-state index contributed by atoms with van der Waals surface area (Å²) >= 11 is 0. The molecular weight excluding hydrogens is 382 g/mol. The average Bonchev–Trinajstić information content (AvgIpc) is 2.53. The van der Waals surface area contributed by atoms with Gasteiger partial charge in [-0.15, -0.1) is 0 Å². The van der Waals surface area contributed by atoms with Gasteiger partial charge in [0.2, 0.25) is 10.0 Å². The average molecular weight is 399 g/mol. The van der Waals surface area contributed by atoms with Gasteiger partial charge in [-0.05, 0) is 30.7 Å². The van der Waals surface area contributed by atoms with E-state index < -0.39 is 25.0 Å². The summed E-state index contributed by atoms with van der Waals surface area (Å²) in [5, 5.41) is 10.9. The highest BCUT2D eigenvalue weighted by molar-refractivity contribution is 7.93. The molecule has 0 unspecified atom stereocenters. The number of nitro groups is 1. The number of non-ortho nitro benzene ring substituents is 1. The van der Waals surface area contributed by atoms with Crippen molar-refractivity contribution in [3.05, 3.63) is 58.1 Å². The van der Waals surface area contributed by atoms with Gasteiger partial charge >= 0.3 is 0 Å². The first kappa shape index (κ1) is 19.7. The molecule has 0 fully saturated rings. The fraction of sp³-hybridized carbons (Fsp3) is 0.200. The third-order valence-electron chi connectivity index (χ3n) is 3.63. The molecule has 0 bridgehead atoms. The molecule has 2 aromatic rings. The summed E-state index contributed by atoms with van der Waals surface area (Å²) in [7, 11) is -6.27. The van der Waals surface area contributed by atoms with E-state index >= 15 is 0 Å². The smallest absolute Gasteiger partial charge is 0.270 e. The Morgan fingerprint density at radius 2 is 1.73 bits per heavy atom. The van der Waals surface area contributed by atoms with Crippen molar-refractivity contribution in [2.75, 3.05) is 22.3 Å². The van der Waals surface area contributed by atoms with Gasteiger partial charge in [-0.2, -0.15) is 0 Å². The zero-order chi connectivity index (χ0) is 19.7. The van der Waals surface area contributed by atoms with Gasteiger partial charge < -0.3 is 0 Å². The highest BCUT2D eigenvalue weighted by Gasteiger charge is 2.21. The number of hydrogen-bond donors (Lipinski definition) is 1. The van der Waals surface area contributed by atoms with E-state index in [1.54, 1.807) is 0 Å². The minimum Gasteiger partial charge on any atom is -0.280 e. The lowest BCUT2D eigenvalue weighted by atomic mass is 10.2. The number of anilines is 2. The highest BCUT2D eigenvalue weighted by Crippen LogP contribution is 2.26. The Morgan fingerprint density at radius 1 is 1.08 bits per heavy atom. The van der Waals surface area contributed by atoms with Crippen LogP contribution in [0.3, 0.4) is 0 Å². The Morgan fingerprint density at radius 3 is 2.31 bits per heavy atom. The van der Waals surface area contributed by atoms with Crippen molar-refractivity contribution in [1.29, 1.82) is 0 Å². The first-order valence-corrected chi connectivity index (χ1v) is 10.6. The second-order valence-electron chi connectivity index (χ2n) is 5.59. The Labute approximate surface area is 151 Å². The van der Waals surface area contributed by atoms with E-state index in [-0.39, 0.29) is 22.0 Å². The summed E-state index contributed by atoms with van der Waals surface area (Å²) in [5.74, 6) is 0. The third-order valence-corrected chi connectivity index (χ3v) is 6.36. The zero-order valence-corrected chi connectivity index (χ0v) is 15.8. The van der Waals surface area contributed by atoms with Gasteiger partial charge in [-0.25, -0.2) is 16.8 Å². The topological polar surface area (TPSA) is 127 Å². The van der Waals surface area contributed by atoms with E-state index in [0.29, 0.717) is 5.56 Å². The van der Waals surface area contributed by atoms with Crippen LogP contribution in [0.4, 0.5) is 17.1 Å². The van der Waals surface area contributed by atoms with Crippen LogP contribution in [-0.2, 0) is 20.0 Å². The second kappa shape index (κ2) is 6.92. The predicted octanol–water partition coefficient (Wildman–Crippen LogP) is 2.10. The molecule has 0 aromatic heterocycles. The first-order chi connectivity index (χ1) is 11.9. The monoisotopic (exact) mass is 399 g/mol. The van der Waals surface area contributed by atoms with Crippen molar-refractivity contribution in [2.24, 2.45) is 0 Å². The van der Waals surface area contributed by atoms with E-state index in [1.807, 2.05) is 0 Å². The molecule has 0 aliphatic carbocycles. The van der Waals surface area contributed by atoms with Gasteiger partial charge in [-0.1, -0.05) is 12.1 Å². The van der Waals surface area contributed by atoms with E-state index in [1.165, 1.54) is 50.4 Å². The van der Waals surface area contributed by atoms with Gasteiger partial charge in [0.15, 0.2) is 0 Å². The molecule has 0 saturated carbocycles. The quantitative estimate of drug-likeness (QED) is 0.585. The minimum absolute atomic E-state index is 0.129. The maximum absolute atomic E-state index is 12.6. The number of sulfonamides is 2. The summed E-state index contributed by atoms with van der Waals surface area (Å²) in [4.78, 5) is 9.98. The molecule has 0 aliphatic rings. The summed E-state index contributed by atoms with van der Waals surface area (Å²) in [6.07, 6.45) is 1.02. The lowest BCUT2D eigenvalue weighted by Gasteiger charge is -2.18. The number of nitrogens with zero attached hydrogens (tertiary/aromatic N) is 2. The number of nitrogens with one attached hydrogen (secondary N) is 1. The van der Waals surface area contributed by atoms with Crippen molar-refractivity contribution in [2.45, 2.75) is 11.8 Å². The van der Waals surface area contributed by atoms with Crippen LogP contribution in [0, 0.1) is 17.0 Å². The van der Waals surface area contributed by atoms with Crippen molar-refractivity contribution >= 4 is 37.1 Å². The molecule has 2 rings (SSSR count). The highest BCUT2D eigenvalue weighted by atomic mass is 32.2. The van der Waals surface area contributed by atoms with E-state index in [4.69, 9.17) is 0 Å². The van der Waals surface area contributed by atoms with Crippen LogP contribution < -0.4 is 9.03 Å². The number of hydrogen-bond acceptors (Lipinski definition) is 6. The molecule has 140 valence electrons. The lowest BCUT2D eigenvalue weighted by molar-refractivity contribution is -0.385. The fourth-order valence-corrected chi connectivity index (χ4v) is 3.97. The van der Waals surface area contributed by atoms with Crippen LogP contribution in [0.1, 0.15) is 5.56 Å². The van der Waals surface area contributed by atoms with Crippen molar-refractivity contribution in [3.63, 3.8) is 0 Å². The van der Waals surface area contributed by atoms with Crippen LogP contribution in [0.25, 0.3) is 0 Å². The van der Waals surface area contributed by atoms with Crippen molar-refractivity contribution in [1.82, 2.24) is 0 Å². The normalized spacial score (nSPS) is 11.8. The van der Waals surface area contributed by atoms with Crippen LogP contribution in [0.2, 0.25) is 0 Å². The summed E-state index contributed by atoms with van der Waals surface area (Å²) in [6, 6.07) is 9.35. The molecular formula is C15H17N3O6S2. The van der Waals surface area contributed by atoms with Crippen LogP contribution in [-0.4, -0.2) is 35.1 Å². The molecule has 2 aromatic carbocycles. The van der Waals surface area contributed by atoms with E-state index in [2.05, 4.69) is 4.72 Å². The molecule has 1 N–H and O–H groups in total. The molecule has 9 nitrogen and oxygen atoms in total. The van der Waals surface area contributed by atoms with Gasteiger partial charge in [0.1, 0.15) is 0 Å². The molecule has 0 aliphatic heterocycles. The standard InChI is InChI=1S/C15H17N3O6S2/c1-11-7-8-14(18(19)20)10-15(11)26(23,24)16-12-5-4-6-13(9-12)17(2)25(3,21)22/h4-10,16H,1-3H3. The van der Waals surface area contributed by atoms with Crippen LogP contribution >= 0.6 is 0 Å². The molecule has 0 spiro atoms. The van der Waals surface area contributed by atoms with Gasteiger partial charge in [-0.3, -0.25) is 19.1 Å². The number of rotatable bonds is 6. The predicted molar refractivity (Wildman–Crippen MR) is 98.3 cm³/mol. The maximum atomic E-state index is 12.6. The third kappa shape index (κ3) is 4.29. The van der Waals surface area contributed by atoms with Crippen molar-refractivity contribution < 1.29 is 21.8 Å². The molecule has 26 heavy (non-hydrogen) atoms. The van der Waals surface area contributed by atoms with Crippen LogP contribution in [0.15, 0.2) is 47.4 Å². The summed E-state index contributed by atoms with van der Waals surface area (Å²) in [5.41, 5.74) is 0.390. The Kier molecular flexibility index (Phi) is 5.23. The van der Waals surface area contributed by atoms with E-state index in [0.717, 1.165) is 16.6 Å². The molecule has 0 radical (unpaired) electrons. The van der Waals surface area contributed by atoms with Crippen LogP contribution in [0.5, 0.6) is 0 Å². The Hall–Kier alpha value is -2.66. The van der Waals surface area contributed by atoms with E-state index in [9.17, 15) is 26.9 Å². The molecule has 0 saturated heterocycles.